The van der Waals surface area contributed by atoms with Crippen LogP contribution in [0.5, 0.6) is 11.5 Å². The molecule has 2 aromatic carbocycles. The van der Waals surface area contributed by atoms with Crippen LogP contribution >= 0.6 is 0 Å². The Morgan fingerprint density at radius 1 is 1.00 bits per heavy atom. The number of carbonyl (C=O) groups is 1. The van der Waals surface area contributed by atoms with Gasteiger partial charge in [-0.15, -0.1) is 0 Å². The monoisotopic (exact) mass is 421 g/mol. The fraction of sp³-hybridized carbons (Fsp3) is 0.333. The molecule has 0 unspecified atom stereocenters. The van der Waals surface area contributed by atoms with Gasteiger partial charge in [-0.25, -0.2) is 0 Å². The van der Waals surface area contributed by atoms with Gasteiger partial charge in [0.15, 0.2) is 11.5 Å². The molecule has 1 fully saturated rings. The summed E-state index contributed by atoms with van der Waals surface area (Å²) in [7, 11) is 0. The largest absolute Gasteiger partial charge is 0.454 e. The maximum absolute atomic E-state index is 12.4. The van der Waals surface area contributed by atoms with Crippen LogP contribution in [0.3, 0.4) is 0 Å². The molecule has 0 aliphatic carbocycles. The summed E-state index contributed by atoms with van der Waals surface area (Å²) in [5, 5.41) is 15.1. The highest BCUT2D eigenvalue weighted by molar-refractivity contribution is 5.91. The fourth-order valence-electron chi connectivity index (χ4n) is 3.74. The number of rotatable bonds is 6. The first-order valence-electron chi connectivity index (χ1n) is 10.3. The summed E-state index contributed by atoms with van der Waals surface area (Å²) < 4.78 is 12.4. The second-order valence-corrected chi connectivity index (χ2v) is 7.42. The lowest BCUT2D eigenvalue weighted by molar-refractivity contribution is -0.116. The molecule has 0 spiro atoms. The van der Waals surface area contributed by atoms with Crippen LogP contribution in [0.15, 0.2) is 48.5 Å². The highest BCUT2D eigenvalue weighted by Gasteiger charge is 2.22. The maximum Gasteiger partial charge on any atom is 0.250 e. The van der Waals surface area contributed by atoms with Crippen molar-refractivity contribution in [1.82, 2.24) is 25.1 Å². The second kappa shape index (κ2) is 8.60. The summed E-state index contributed by atoms with van der Waals surface area (Å²) in [5.74, 6) is 2.08. The number of benzene rings is 2. The number of para-hydroxylation sites is 1. The number of amides is 1. The van der Waals surface area contributed by atoms with Crippen molar-refractivity contribution in [3.05, 3.63) is 48.5 Å². The van der Waals surface area contributed by atoms with Crippen molar-refractivity contribution < 1.29 is 14.3 Å². The number of tetrazole rings is 1. The fourth-order valence-corrected chi connectivity index (χ4v) is 3.74. The topological polar surface area (TPSA) is 97.6 Å². The molecule has 2 aliphatic rings. The number of hydrogen-bond acceptors (Lipinski definition) is 8. The van der Waals surface area contributed by atoms with E-state index < -0.39 is 0 Å². The molecular formula is C21H23N7O3. The number of nitrogens with one attached hydrogen (secondary N) is 1. The molecule has 10 heteroatoms. The van der Waals surface area contributed by atoms with E-state index in [-0.39, 0.29) is 12.7 Å². The summed E-state index contributed by atoms with van der Waals surface area (Å²) in [6.45, 7) is 4.22. The molecule has 10 nitrogen and oxygen atoms in total. The second-order valence-electron chi connectivity index (χ2n) is 7.42. The molecule has 160 valence electrons. The Balaban J connectivity index is 1.11. The van der Waals surface area contributed by atoms with Crippen LogP contribution in [0.2, 0.25) is 0 Å². The molecule has 5 rings (SSSR count). The third-order valence-electron chi connectivity index (χ3n) is 5.42. The number of hydrogen-bond donors (Lipinski definition) is 1. The molecule has 3 aromatic rings. The Morgan fingerprint density at radius 3 is 2.65 bits per heavy atom. The predicted octanol–water partition coefficient (Wildman–Crippen LogP) is 1.54. The lowest BCUT2D eigenvalue weighted by Gasteiger charge is -2.34. The highest BCUT2D eigenvalue weighted by Crippen LogP contribution is 2.34. The number of aromatic nitrogens is 4. The van der Waals surface area contributed by atoms with Crippen molar-refractivity contribution in [1.29, 1.82) is 0 Å². The average Bonchev–Trinajstić information content (AvgIpc) is 3.48. The number of nitrogens with zero attached hydrogens (tertiary/aromatic N) is 6. The van der Waals surface area contributed by atoms with E-state index in [2.05, 4.69) is 30.6 Å². The van der Waals surface area contributed by atoms with Gasteiger partial charge in [0.25, 0.3) is 0 Å². The van der Waals surface area contributed by atoms with Crippen molar-refractivity contribution in [2.24, 2.45) is 0 Å². The number of anilines is 2. The van der Waals surface area contributed by atoms with Gasteiger partial charge in [-0.2, -0.15) is 4.68 Å². The minimum atomic E-state index is -0.0192. The van der Waals surface area contributed by atoms with E-state index in [0.717, 1.165) is 37.8 Å². The zero-order chi connectivity index (χ0) is 21.0. The molecule has 2 aliphatic heterocycles. The standard InChI is InChI=1S/C21H23N7O3/c29-20(22-16-6-7-18-19(14-16)31-15-30-18)8-9-26-10-12-27(13-11-26)21-23-24-25-28(21)17-4-2-1-3-5-17/h1-7,14H,8-13,15H2,(H,22,29). The Hall–Kier alpha value is -3.66. The zero-order valence-corrected chi connectivity index (χ0v) is 17.0. The van der Waals surface area contributed by atoms with Gasteiger partial charge in [0.05, 0.1) is 5.69 Å². The van der Waals surface area contributed by atoms with Gasteiger partial charge in [-0.1, -0.05) is 23.3 Å². The van der Waals surface area contributed by atoms with E-state index in [9.17, 15) is 4.79 Å². The van der Waals surface area contributed by atoms with Crippen molar-refractivity contribution >= 4 is 17.5 Å². The maximum atomic E-state index is 12.4. The van der Waals surface area contributed by atoms with Gasteiger partial charge in [0.2, 0.25) is 18.6 Å². The van der Waals surface area contributed by atoms with E-state index in [1.54, 1.807) is 16.8 Å². The molecule has 0 atom stereocenters. The molecule has 1 N–H and O–H groups in total. The van der Waals surface area contributed by atoms with Gasteiger partial charge in [0, 0.05) is 50.9 Å². The molecule has 0 saturated carbocycles. The number of piperazine rings is 1. The first kappa shape index (κ1) is 19.3. The minimum absolute atomic E-state index is 0.0192. The first-order chi connectivity index (χ1) is 15.3. The van der Waals surface area contributed by atoms with E-state index in [1.807, 2.05) is 36.4 Å². The van der Waals surface area contributed by atoms with Crippen LogP contribution in [0.4, 0.5) is 11.6 Å². The molecule has 3 heterocycles. The number of carbonyl (C=O) groups excluding carboxylic acids is 1. The summed E-state index contributed by atoms with van der Waals surface area (Å²) in [5.41, 5.74) is 1.65. The first-order valence-corrected chi connectivity index (χ1v) is 10.3. The van der Waals surface area contributed by atoms with Crippen LogP contribution in [0.25, 0.3) is 5.69 Å². The van der Waals surface area contributed by atoms with Crippen LogP contribution in [0, 0.1) is 0 Å². The minimum Gasteiger partial charge on any atom is -0.454 e. The van der Waals surface area contributed by atoms with Gasteiger partial charge < -0.3 is 19.7 Å². The SMILES string of the molecule is O=C(CCN1CCN(c2nnnn2-c2ccccc2)CC1)Nc1ccc2c(c1)OCO2. The van der Waals surface area contributed by atoms with E-state index in [0.29, 0.717) is 30.2 Å². The molecule has 1 aromatic heterocycles. The van der Waals surface area contributed by atoms with Gasteiger partial charge in [0.1, 0.15) is 0 Å². The highest BCUT2D eigenvalue weighted by atomic mass is 16.7. The van der Waals surface area contributed by atoms with Crippen molar-refractivity contribution in [2.75, 3.05) is 49.7 Å². The number of ether oxygens (including phenoxy) is 2. The third kappa shape index (κ3) is 4.29. The zero-order valence-electron chi connectivity index (χ0n) is 17.0. The third-order valence-corrected chi connectivity index (χ3v) is 5.42. The summed E-state index contributed by atoms with van der Waals surface area (Å²) >= 11 is 0. The summed E-state index contributed by atoms with van der Waals surface area (Å²) in [6.07, 6.45) is 0.427. The van der Waals surface area contributed by atoms with Crippen molar-refractivity contribution in [3.8, 4) is 17.2 Å². The Bertz CT molecular complexity index is 1050. The van der Waals surface area contributed by atoms with Gasteiger partial charge in [-0.05, 0) is 34.7 Å². The smallest absolute Gasteiger partial charge is 0.250 e. The Morgan fingerprint density at radius 2 is 1.81 bits per heavy atom. The lowest BCUT2D eigenvalue weighted by Crippen LogP contribution is -2.47. The van der Waals surface area contributed by atoms with Crippen molar-refractivity contribution in [3.63, 3.8) is 0 Å². The summed E-state index contributed by atoms with van der Waals surface area (Å²) in [6, 6.07) is 15.3. The molecule has 0 radical (unpaired) electrons. The van der Waals surface area contributed by atoms with Crippen LogP contribution in [-0.4, -0.2) is 70.5 Å². The van der Waals surface area contributed by atoms with Gasteiger partial charge in [-0.3, -0.25) is 9.69 Å². The number of fused-ring (bicyclic) bond motifs is 1. The molecule has 0 bridgehead atoms. The molecule has 31 heavy (non-hydrogen) atoms. The quantitative estimate of drug-likeness (QED) is 0.640. The molecular weight excluding hydrogens is 398 g/mol. The van der Waals surface area contributed by atoms with Crippen molar-refractivity contribution in [2.45, 2.75) is 6.42 Å². The lowest BCUT2D eigenvalue weighted by atomic mass is 10.2. The average molecular weight is 421 g/mol. The Labute approximate surface area is 179 Å². The van der Waals surface area contributed by atoms with Gasteiger partial charge >= 0.3 is 0 Å². The molecule has 1 amide bonds. The van der Waals surface area contributed by atoms with Crippen LogP contribution in [0.1, 0.15) is 6.42 Å². The summed E-state index contributed by atoms with van der Waals surface area (Å²) in [4.78, 5) is 16.8. The van der Waals surface area contributed by atoms with Crippen LogP contribution in [-0.2, 0) is 4.79 Å². The van der Waals surface area contributed by atoms with E-state index >= 15 is 0 Å². The predicted molar refractivity (Wildman–Crippen MR) is 114 cm³/mol. The van der Waals surface area contributed by atoms with E-state index in [1.165, 1.54) is 0 Å². The normalized spacial score (nSPS) is 15.8. The van der Waals surface area contributed by atoms with E-state index in [4.69, 9.17) is 9.47 Å². The van der Waals surface area contributed by atoms with Crippen LogP contribution < -0.4 is 19.7 Å². The Kier molecular flexibility index (Phi) is 5.36. The molecule has 1 saturated heterocycles.